The van der Waals surface area contributed by atoms with Gasteiger partial charge < -0.3 is 14.8 Å². The number of carbonyl (C=O) groups is 2. The zero-order valence-corrected chi connectivity index (χ0v) is 17.9. The molecule has 0 bridgehead atoms. The van der Waals surface area contributed by atoms with E-state index in [0.717, 1.165) is 22.4 Å². The van der Waals surface area contributed by atoms with Crippen LogP contribution >= 0.6 is 11.8 Å². The minimum Gasteiger partial charge on any atom is -0.350 e. The molecule has 0 aliphatic heterocycles. The van der Waals surface area contributed by atoms with Crippen LogP contribution in [0.25, 0.3) is 11.0 Å². The summed E-state index contributed by atoms with van der Waals surface area (Å²) in [5, 5.41) is 2.78. The van der Waals surface area contributed by atoms with Crippen molar-refractivity contribution in [2.24, 2.45) is 0 Å². The summed E-state index contributed by atoms with van der Waals surface area (Å²) >= 11 is 1.65. The van der Waals surface area contributed by atoms with Crippen LogP contribution in [0.5, 0.6) is 0 Å². The number of halogens is 1. The maximum Gasteiger partial charge on any atom is 0.243 e. The molecule has 0 saturated carbocycles. The van der Waals surface area contributed by atoms with Crippen LogP contribution in [0.4, 0.5) is 4.39 Å². The second-order valence-corrected chi connectivity index (χ2v) is 7.71. The number of amides is 2. The molecule has 2 aromatic carbocycles. The Balaban J connectivity index is 1.64. The third-order valence-electron chi connectivity index (χ3n) is 4.77. The van der Waals surface area contributed by atoms with Crippen LogP contribution in [0.1, 0.15) is 18.3 Å². The lowest BCUT2D eigenvalue weighted by atomic mass is 10.2. The molecule has 6 nitrogen and oxygen atoms in total. The predicted octanol–water partition coefficient (Wildman–Crippen LogP) is 3.20. The molecule has 0 spiro atoms. The average Bonchev–Trinajstić information content (AvgIpc) is 3.09. The van der Waals surface area contributed by atoms with Crippen molar-refractivity contribution in [2.45, 2.75) is 25.8 Å². The number of nitrogens with zero attached hydrogens (tertiary/aromatic N) is 3. The van der Waals surface area contributed by atoms with E-state index >= 15 is 0 Å². The molecule has 3 rings (SSSR count). The molecular formula is C22H25FN4O2S. The summed E-state index contributed by atoms with van der Waals surface area (Å²) in [6.07, 6.45) is 2.00. The number of hydrogen-bond donors (Lipinski definition) is 1. The normalized spacial score (nSPS) is 10.9. The van der Waals surface area contributed by atoms with Gasteiger partial charge in [-0.3, -0.25) is 9.59 Å². The van der Waals surface area contributed by atoms with Crippen molar-refractivity contribution >= 4 is 34.6 Å². The zero-order valence-electron chi connectivity index (χ0n) is 17.1. The summed E-state index contributed by atoms with van der Waals surface area (Å²) in [5.74, 6) is 0.829. The topological polar surface area (TPSA) is 67.2 Å². The first-order valence-electron chi connectivity index (χ1n) is 9.73. The van der Waals surface area contributed by atoms with Gasteiger partial charge in [-0.05, 0) is 43.0 Å². The van der Waals surface area contributed by atoms with Crippen LogP contribution in [0, 0.1) is 5.82 Å². The van der Waals surface area contributed by atoms with Crippen LogP contribution in [0.15, 0.2) is 48.5 Å². The van der Waals surface area contributed by atoms with Crippen molar-refractivity contribution in [3.8, 4) is 0 Å². The minimum atomic E-state index is -0.319. The standard InChI is InChI=1S/C22H25FN4O2S/c1-3-26(13-21(28)24-12-16-8-10-17(23)11-9-16)22(29)14-27-19-7-5-4-6-18(19)25-20(27)15-30-2/h4-11H,3,12-15H2,1-2H3,(H,24,28). The number of thioether (sulfide) groups is 1. The highest BCUT2D eigenvalue weighted by atomic mass is 32.2. The van der Waals surface area contributed by atoms with Gasteiger partial charge in [-0.1, -0.05) is 24.3 Å². The second kappa shape index (κ2) is 10.2. The Morgan fingerprint density at radius 2 is 1.90 bits per heavy atom. The summed E-state index contributed by atoms with van der Waals surface area (Å²) in [4.78, 5) is 31.4. The van der Waals surface area contributed by atoms with Crippen molar-refractivity contribution in [2.75, 3.05) is 19.3 Å². The number of hydrogen-bond acceptors (Lipinski definition) is 4. The fourth-order valence-electron chi connectivity index (χ4n) is 3.18. The van der Waals surface area contributed by atoms with E-state index in [-0.39, 0.29) is 37.3 Å². The van der Waals surface area contributed by atoms with Gasteiger partial charge in [0.15, 0.2) is 0 Å². The molecule has 0 aliphatic carbocycles. The van der Waals surface area contributed by atoms with Crippen LogP contribution in [0.3, 0.4) is 0 Å². The quantitative estimate of drug-likeness (QED) is 0.568. The van der Waals surface area contributed by atoms with E-state index in [1.807, 2.05) is 42.0 Å². The molecular weight excluding hydrogens is 403 g/mol. The molecule has 0 saturated heterocycles. The largest absolute Gasteiger partial charge is 0.350 e. The van der Waals surface area contributed by atoms with Gasteiger partial charge in [-0.2, -0.15) is 11.8 Å². The molecule has 0 aliphatic rings. The predicted molar refractivity (Wildman–Crippen MR) is 117 cm³/mol. The van der Waals surface area contributed by atoms with Crippen molar-refractivity contribution in [1.29, 1.82) is 0 Å². The second-order valence-electron chi connectivity index (χ2n) is 6.85. The lowest BCUT2D eigenvalue weighted by Gasteiger charge is -2.21. The van der Waals surface area contributed by atoms with E-state index < -0.39 is 0 Å². The first-order chi connectivity index (χ1) is 14.5. The minimum absolute atomic E-state index is 0.0268. The van der Waals surface area contributed by atoms with Crippen molar-refractivity contribution in [3.05, 3.63) is 65.7 Å². The number of rotatable bonds is 9. The van der Waals surface area contributed by atoms with Gasteiger partial charge in [0.25, 0.3) is 0 Å². The number of nitrogens with one attached hydrogen (secondary N) is 1. The summed E-state index contributed by atoms with van der Waals surface area (Å²) in [5.41, 5.74) is 2.56. The van der Waals surface area contributed by atoms with Crippen LogP contribution in [0.2, 0.25) is 0 Å². The van der Waals surface area contributed by atoms with E-state index in [4.69, 9.17) is 0 Å². The molecule has 2 amide bonds. The molecule has 1 aromatic heterocycles. The third-order valence-corrected chi connectivity index (χ3v) is 5.32. The summed E-state index contributed by atoms with van der Waals surface area (Å²) in [7, 11) is 0. The molecule has 0 fully saturated rings. The highest BCUT2D eigenvalue weighted by molar-refractivity contribution is 7.97. The fraction of sp³-hybridized carbons (Fsp3) is 0.318. The lowest BCUT2D eigenvalue weighted by Crippen LogP contribution is -2.41. The number of benzene rings is 2. The number of imidazole rings is 1. The average molecular weight is 429 g/mol. The fourth-order valence-corrected chi connectivity index (χ4v) is 3.66. The third kappa shape index (κ3) is 5.38. The SMILES string of the molecule is CCN(CC(=O)NCc1ccc(F)cc1)C(=O)Cn1c(CSC)nc2ccccc21. The molecule has 1 N–H and O–H groups in total. The van der Waals surface area contributed by atoms with Gasteiger partial charge in [-0.15, -0.1) is 0 Å². The van der Waals surface area contributed by atoms with Gasteiger partial charge >= 0.3 is 0 Å². The van der Waals surface area contributed by atoms with Crippen LogP contribution < -0.4 is 5.32 Å². The monoisotopic (exact) mass is 428 g/mol. The molecule has 8 heteroatoms. The Hall–Kier alpha value is -2.87. The Morgan fingerprint density at radius 3 is 2.60 bits per heavy atom. The van der Waals surface area contributed by atoms with Crippen molar-refractivity contribution in [1.82, 2.24) is 19.8 Å². The Morgan fingerprint density at radius 1 is 1.17 bits per heavy atom. The van der Waals surface area contributed by atoms with E-state index in [1.165, 1.54) is 17.0 Å². The Bertz CT molecular complexity index is 1020. The summed E-state index contributed by atoms with van der Waals surface area (Å²) in [6, 6.07) is 13.7. The molecule has 0 atom stereocenters. The highest BCUT2D eigenvalue weighted by Gasteiger charge is 2.19. The number of likely N-dealkylation sites (N-methyl/N-ethyl adjacent to an activating group) is 1. The number of fused-ring (bicyclic) bond motifs is 1. The molecule has 3 aromatic rings. The van der Waals surface area contributed by atoms with Gasteiger partial charge in [-0.25, -0.2) is 9.37 Å². The maximum atomic E-state index is 13.0. The van der Waals surface area contributed by atoms with E-state index in [2.05, 4.69) is 10.3 Å². The van der Waals surface area contributed by atoms with Gasteiger partial charge in [0.1, 0.15) is 18.2 Å². The Labute approximate surface area is 179 Å². The summed E-state index contributed by atoms with van der Waals surface area (Å²) in [6.45, 7) is 2.67. The molecule has 1 heterocycles. The van der Waals surface area contributed by atoms with E-state index in [0.29, 0.717) is 12.3 Å². The van der Waals surface area contributed by atoms with Crippen molar-refractivity contribution in [3.63, 3.8) is 0 Å². The molecule has 0 unspecified atom stereocenters. The smallest absolute Gasteiger partial charge is 0.243 e. The first-order valence-corrected chi connectivity index (χ1v) is 11.1. The van der Waals surface area contributed by atoms with Gasteiger partial charge in [0.05, 0.1) is 23.3 Å². The Kier molecular flexibility index (Phi) is 7.46. The van der Waals surface area contributed by atoms with E-state index in [9.17, 15) is 14.0 Å². The van der Waals surface area contributed by atoms with Crippen LogP contribution in [-0.2, 0) is 28.4 Å². The molecule has 158 valence electrons. The number of aromatic nitrogens is 2. The first kappa shape index (κ1) is 21.8. The zero-order chi connectivity index (χ0) is 21.5. The van der Waals surface area contributed by atoms with Gasteiger partial charge in [0, 0.05) is 13.1 Å². The molecule has 0 radical (unpaired) electrons. The highest BCUT2D eigenvalue weighted by Crippen LogP contribution is 2.19. The number of para-hydroxylation sites is 2. The van der Waals surface area contributed by atoms with Gasteiger partial charge in [0.2, 0.25) is 11.8 Å². The van der Waals surface area contributed by atoms with E-state index in [1.54, 1.807) is 23.9 Å². The van der Waals surface area contributed by atoms with Crippen LogP contribution in [-0.4, -0.2) is 45.6 Å². The number of carbonyl (C=O) groups excluding carboxylic acids is 2. The van der Waals surface area contributed by atoms with Crippen molar-refractivity contribution < 1.29 is 14.0 Å². The lowest BCUT2D eigenvalue weighted by molar-refractivity contribution is -0.136. The molecule has 30 heavy (non-hydrogen) atoms. The summed E-state index contributed by atoms with van der Waals surface area (Å²) < 4.78 is 14.9. The maximum absolute atomic E-state index is 13.0.